The molecule has 0 saturated carbocycles. The topological polar surface area (TPSA) is 64.1 Å². The number of ether oxygens (including phenoxy) is 1. The van der Waals surface area contributed by atoms with Gasteiger partial charge in [-0.2, -0.15) is 0 Å². The van der Waals surface area contributed by atoms with E-state index < -0.39 is 5.69 Å². The number of aromatic amines is 1. The van der Waals surface area contributed by atoms with Crippen LogP contribution >= 0.6 is 15.9 Å². The van der Waals surface area contributed by atoms with Crippen LogP contribution in [0.15, 0.2) is 56.5 Å². The Hall–Kier alpha value is -2.34. The lowest BCUT2D eigenvalue weighted by Crippen LogP contribution is -2.35. The standard InChI is InChI=1S/C16H13BrN2O3/c1-22-12-5-2-10(3-6-12)9-19-15(20)13-8-11(17)4-7-14(13)18-16(19)21/h2-8H,9H2,1H3,(H,18,21). The number of nitrogens with zero attached hydrogens (tertiary/aromatic N) is 1. The van der Waals surface area contributed by atoms with Crippen LogP contribution in [0.25, 0.3) is 10.9 Å². The number of methoxy groups -OCH3 is 1. The second kappa shape index (κ2) is 5.81. The summed E-state index contributed by atoms with van der Waals surface area (Å²) in [5, 5.41) is 0.475. The third-order valence-corrected chi connectivity index (χ3v) is 3.94. The summed E-state index contributed by atoms with van der Waals surface area (Å²) in [6.07, 6.45) is 0. The molecule has 22 heavy (non-hydrogen) atoms. The van der Waals surface area contributed by atoms with Gasteiger partial charge in [-0.05, 0) is 35.9 Å². The second-order valence-electron chi connectivity index (χ2n) is 4.86. The Morgan fingerprint density at radius 1 is 1.14 bits per heavy atom. The predicted molar refractivity (Wildman–Crippen MR) is 88.6 cm³/mol. The van der Waals surface area contributed by atoms with Gasteiger partial charge < -0.3 is 9.72 Å². The molecule has 0 spiro atoms. The van der Waals surface area contributed by atoms with Gasteiger partial charge in [0.1, 0.15) is 5.75 Å². The van der Waals surface area contributed by atoms with E-state index in [1.807, 2.05) is 12.1 Å². The fourth-order valence-electron chi connectivity index (χ4n) is 2.28. The Balaban J connectivity index is 2.09. The first-order valence-electron chi connectivity index (χ1n) is 6.64. The third-order valence-electron chi connectivity index (χ3n) is 3.44. The quantitative estimate of drug-likeness (QED) is 0.780. The lowest BCUT2D eigenvalue weighted by molar-refractivity contribution is 0.414. The highest BCUT2D eigenvalue weighted by molar-refractivity contribution is 9.10. The van der Waals surface area contributed by atoms with E-state index in [1.54, 1.807) is 37.4 Å². The molecule has 6 heteroatoms. The number of fused-ring (bicyclic) bond motifs is 1. The van der Waals surface area contributed by atoms with Crippen molar-refractivity contribution in [3.8, 4) is 5.75 Å². The van der Waals surface area contributed by atoms with Crippen LogP contribution in [0.5, 0.6) is 5.75 Å². The first kappa shape index (κ1) is 14.6. The summed E-state index contributed by atoms with van der Waals surface area (Å²) in [5.41, 5.74) is 0.651. The zero-order chi connectivity index (χ0) is 15.7. The molecule has 3 rings (SSSR count). The number of hydrogen-bond acceptors (Lipinski definition) is 3. The average molecular weight is 361 g/mol. The van der Waals surface area contributed by atoms with Gasteiger partial charge in [-0.25, -0.2) is 4.79 Å². The highest BCUT2D eigenvalue weighted by Gasteiger charge is 2.08. The van der Waals surface area contributed by atoms with E-state index in [-0.39, 0.29) is 12.1 Å². The molecule has 3 aromatic rings. The largest absolute Gasteiger partial charge is 0.497 e. The minimum absolute atomic E-state index is 0.209. The number of benzene rings is 2. The molecule has 0 aliphatic heterocycles. The maximum absolute atomic E-state index is 12.5. The smallest absolute Gasteiger partial charge is 0.329 e. The SMILES string of the molecule is COc1ccc(Cn2c(=O)[nH]c3ccc(Br)cc3c2=O)cc1. The van der Waals surface area contributed by atoms with Crippen molar-refractivity contribution in [2.45, 2.75) is 6.54 Å². The van der Waals surface area contributed by atoms with E-state index in [0.717, 1.165) is 15.8 Å². The van der Waals surface area contributed by atoms with E-state index in [2.05, 4.69) is 20.9 Å². The van der Waals surface area contributed by atoms with Crippen molar-refractivity contribution >= 4 is 26.8 Å². The zero-order valence-electron chi connectivity index (χ0n) is 11.8. The molecule has 1 aromatic heterocycles. The minimum atomic E-state index is -0.421. The van der Waals surface area contributed by atoms with Gasteiger partial charge in [0.15, 0.2) is 0 Å². The maximum Gasteiger partial charge on any atom is 0.329 e. The molecule has 1 heterocycles. The first-order valence-corrected chi connectivity index (χ1v) is 7.43. The molecule has 0 atom stereocenters. The zero-order valence-corrected chi connectivity index (χ0v) is 13.4. The van der Waals surface area contributed by atoms with Gasteiger partial charge in [0.2, 0.25) is 0 Å². The highest BCUT2D eigenvalue weighted by Crippen LogP contribution is 2.15. The van der Waals surface area contributed by atoms with E-state index in [4.69, 9.17) is 4.74 Å². The van der Waals surface area contributed by atoms with Crippen LogP contribution in [0.2, 0.25) is 0 Å². The van der Waals surface area contributed by atoms with E-state index in [9.17, 15) is 9.59 Å². The third kappa shape index (κ3) is 2.69. The molecular weight excluding hydrogens is 348 g/mol. The Morgan fingerprint density at radius 2 is 1.86 bits per heavy atom. The summed E-state index contributed by atoms with van der Waals surface area (Å²) in [5.74, 6) is 0.729. The molecule has 0 fully saturated rings. The van der Waals surface area contributed by atoms with Crippen LogP contribution in [0.1, 0.15) is 5.56 Å². The van der Waals surface area contributed by atoms with E-state index in [0.29, 0.717) is 10.9 Å². The number of halogens is 1. The molecular formula is C16H13BrN2O3. The Labute approximate surface area is 134 Å². The van der Waals surface area contributed by atoms with Gasteiger partial charge >= 0.3 is 5.69 Å². The summed E-state index contributed by atoms with van der Waals surface area (Å²) in [7, 11) is 1.59. The number of nitrogens with one attached hydrogen (secondary N) is 1. The van der Waals surface area contributed by atoms with Crippen LogP contribution in [0.4, 0.5) is 0 Å². The molecule has 2 aromatic carbocycles. The van der Waals surface area contributed by atoms with Gasteiger partial charge in [0.25, 0.3) is 5.56 Å². The Bertz CT molecular complexity index is 942. The minimum Gasteiger partial charge on any atom is -0.497 e. The van der Waals surface area contributed by atoms with Crippen molar-refractivity contribution < 1.29 is 4.74 Å². The van der Waals surface area contributed by atoms with Crippen LogP contribution in [-0.4, -0.2) is 16.7 Å². The van der Waals surface area contributed by atoms with E-state index >= 15 is 0 Å². The summed E-state index contributed by atoms with van der Waals surface area (Å²) in [6.45, 7) is 0.209. The molecule has 5 nitrogen and oxygen atoms in total. The summed E-state index contributed by atoms with van der Waals surface area (Å²) < 4.78 is 7.08. The molecule has 1 N–H and O–H groups in total. The molecule has 0 aliphatic rings. The van der Waals surface area contributed by atoms with Crippen molar-refractivity contribution in [3.05, 3.63) is 73.3 Å². The summed E-state index contributed by atoms with van der Waals surface area (Å²) in [4.78, 5) is 27.4. The predicted octanol–water partition coefficient (Wildman–Crippen LogP) is 2.51. The van der Waals surface area contributed by atoms with Gasteiger partial charge in [-0.1, -0.05) is 28.1 Å². The number of rotatable bonds is 3. The number of H-pyrrole nitrogens is 1. The number of hydrogen-bond donors (Lipinski definition) is 1. The van der Waals surface area contributed by atoms with Gasteiger partial charge in [0, 0.05) is 4.47 Å². The van der Waals surface area contributed by atoms with Crippen molar-refractivity contribution in [2.75, 3.05) is 7.11 Å². The second-order valence-corrected chi connectivity index (χ2v) is 5.78. The van der Waals surface area contributed by atoms with Crippen LogP contribution < -0.4 is 16.0 Å². The van der Waals surface area contributed by atoms with Crippen molar-refractivity contribution in [2.24, 2.45) is 0 Å². The van der Waals surface area contributed by atoms with E-state index in [1.165, 1.54) is 4.57 Å². The normalized spacial score (nSPS) is 10.8. The average Bonchev–Trinajstić information content (AvgIpc) is 2.53. The highest BCUT2D eigenvalue weighted by atomic mass is 79.9. The molecule has 0 aliphatic carbocycles. The fraction of sp³-hybridized carbons (Fsp3) is 0.125. The molecule has 0 radical (unpaired) electrons. The molecule has 0 saturated heterocycles. The molecule has 0 bridgehead atoms. The van der Waals surface area contributed by atoms with Crippen molar-refractivity contribution in [1.29, 1.82) is 0 Å². The Kier molecular flexibility index (Phi) is 3.85. The summed E-state index contributed by atoms with van der Waals surface area (Å²) >= 11 is 3.34. The van der Waals surface area contributed by atoms with Gasteiger partial charge in [-0.3, -0.25) is 9.36 Å². The van der Waals surface area contributed by atoms with Crippen LogP contribution in [0.3, 0.4) is 0 Å². The maximum atomic E-state index is 12.5. The Morgan fingerprint density at radius 3 is 2.55 bits per heavy atom. The lowest BCUT2D eigenvalue weighted by atomic mass is 10.2. The van der Waals surface area contributed by atoms with Gasteiger partial charge in [0.05, 0.1) is 24.6 Å². The monoisotopic (exact) mass is 360 g/mol. The molecule has 112 valence electrons. The van der Waals surface area contributed by atoms with Crippen molar-refractivity contribution in [1.82, 2.24) is 9.55 Å². The van der Waals surface area contributed by atoms with Gasteiger partial charge in [-0.15, -0.1) is 0 Å². The van der Waals surface area contributed by atoms with Crippen LogP contribution in [0, 0.1) is 0 Å². The summed E-state index contributed by atoms with van der Waals surface area (Å²) in [6, 6.07) is 12.5. The first-order chi connectivity index (χ1) is 10.6. The fourth-order valence-corrected chi connectivity index (χ4v) is 2.64. The van der Waals surface area contributed by atoms with Crippen LogP contribution in [-0.2, 0) is 6.54 Å². The van der Waals surface area contributed by atoms with Crippen molar-refractivity contribution in [3.63, 3.8) is 0 Å². The molecule has 0 amide bonds. The lowest BCUT2D eigenvalue weighted by Gasteiger charge is -2.07. The number of aromatic nitrogens is 2. The molecule has 0 unspecified atom stereocenters.